The summed E-state index contributed by atoms with van der Waals surface area (Å²) in [5, 5.41) is 14.2. The van der Waals surface area contributed by atoms with Crippen molar-refractivity contribution in [3.8, 4) is 0 Å². The summed E-state index contributed by atoms with van der Waals surface area (Å²) in [7, 11) is 1.81. The summed E-state index contributed by atoms with van der Waals surface area (Å²) in [5.41, 5.74) is 1.62. The van der Waals surface area contributed by atoms with E-state index < -0.39 is 5.97 Å². The number of hydrogen-bond donors (Lipinski definition) is 1. The number of carboxylic acids is 1. The topological polar surface area (TPSA) is 68.0 Å². The van der Waals surface area contributed by atoms with Crippen LogP contribution in [0.3, 0.4) is 0 Å². The van der Waals surface area contributed by atoms with Crippen LogP contribution in [0.1, 0.15) is 36.8 Å². The van der Waals surface area contributed by atoms with Gasteiger partial charge in [0.25, 0.3) is 0 Å². The molecular weight excluding hydrogens is 218 g/mol. The van der Waals surface area contributed by atoms with Crippen LogP contribution in [0.5, 0.6) is 0 Å². The van der Waals surface area contributed by atoms with E-state index in [1.807, 2.05) is 27.8 Å². The number of pyridine rings is 1. The summed E-state index contributed by atoms with van der Waals surface area (Å²) in [4.78, 5) is 15.1. The highest BCUT2D eigenvalue weighted by Crippen LogP contribution is 2.28. The molecule has 5 nitrogen and oxygen atoms in total. The number of aryl methyl sites for hydroxylation is 1. The van der Waals surface area contributed by atoms with Crippen LogP contribution < -0.4 is 0 Å². The van der Waals surface area contributed by atoms with Crippen LogP contribution in [-0.4, -0.2) is 25.8 Å². The minimum absolute atomic E-state index is 0.141. The van der Waals surface area contributed by atoms with Gasteiger partial charge in [-0.05, 0) is 6.07 Å². The van der Waals surface area contributed by atoms with Crippen molar-refractivity contribution in [2.45, 2.75) is 26.2 Å². The highest BCUT2D eigenvalue weighted by molar-refractivity contribution is 5.92. The lowest BCUT2D eigenvalue weighted by molar-refractivity contribution is 0.0696. The Kier molecular flexibility index (Phi) is 2.41. The number of carbonyl (C=O) groups is 1. The minimum Gasteiger partial charge on any atom is -0.478 e. The van der Waals surface area contributed by atoms with Crippen LogP contribution in [0, 0.1) is 0 Å². The second-order valence-electron chi connectivity index (χ2n) is 5.12. The molecule has 0 fully saturated rings. The summed E-state index contributed by atoms with van der Waals surface area (Å²) < 4.78 is 1.68. The van der Waals surface area contributed by atoms with E-state index in [9.17, 15) is 4.79 Å². The van der Waals surface area contributed by atoms with Crippen LogP contribution in [0.25, 0.3) is 11.0 Å². The van der Waals surface area contributed by atoms with E-state index in [2.05, 4.69) is 10.1 Å². The molecule has 2 heterocycles. The first-order chi connectivity index (χ1) is 7.80. The summed E-state index contributed by atoms with van der Waals surface area (Å²) >= 11 is 0. The highest BCUT2D eigenvalue weighted by atomic mass is 16.4. The summed E-state index contributed by atoms with van der Waals surface area (Å²) in [5.74, 6) is -0.969. The lowest BCUT2D eigenvalue weighted by atomic mass is 9.90. The number of nitrogens with zero attached hydrogens (tertiary/aromatic N) is 3. The van der Waals surface area contributed by atoms with Crippen LogP contribution in [0.2, 0.25) is 0 Å². The lowest BCUT2D eigenvalue weighted by Crippen LogP contribution is -2.13. The number of rotatable bonds is 1. The third-order valence-electron chi connectivity index (χ3n) is 2.64. The molecule has 0 spiro atoms. The smallest absolute Gasteiger partial charge is 0.337 e. The average molecular weight is 233 g/mol. The van der Waals surface area contributed by atoms with Crippen LogP contribution >= 0.6 is 0 Å². The first-order valence-corrected chi connectivity index (χ1v) is 5.37. The highest BCUT2D eigenvalue weighted by Gasteiger charge is 2.23. The Morgan fingerprint density at radius 3 is 2.59 bits per heavy atom. The molecule has 5 heteroatoms. The van der Waals surface area contributed by atoms with Gasteiger partial charge in [0.15, 0.2) is 5.65 Å². The maximum absolute atomic E-state index is 10.9. The molecule has 0 saturated carbocycles. The molecule has 0 atom stereocenters. The Hall–Kier alpha value is -1.91. The van der Waals surface area contributed by atoms with E-state index >= 15 is 0 Å². The summed E-state index contributed by atoms with van der Waals surface area (Å²) in [6, 6.07) is 1.64. The monoisotopic (exact) mass is 233 g/mol. The first kappa shape index (κ1) is 11.6. The number of aromatic carboxylic acids is 1. The second kappa shape index (κ2) is 3.55. The van der Waals surface area contributed by atoms with E-state index in [1.54, 1.807) is 10.7 Å². The largest absolute Gasteiger partial charge is 0.478 e. The van der Waals surface area contributed by atoms with Crippen LogP contribution in [-0.2, 0) is 12.5 Å². The fourth-order valence-electron chi connectivity index (χ4n) is 1.81. The number of carboxylic acid groups (broad SMARTS) is 1. The van der Waals surface area contributed by atoms with Crippen molar-refractivity contribution in [2.24, 2.45) is 7.05 Å². The molecule has 17 heavy (non-hydrogen) atoms. The zero-order chi connectivity index (χ0) is 12.8. The molecule has 90 valence electrons. The predicted octanol–water partition coefficient (Wildman–Crippen LogP) is 1.96. The van der Waals surface area contributed by atoms with Crippen molar-refractivity contribution >= 4 is 17.0 Å². The van der Waals surface area contributed by atoms with Gasteiger partial charge in [0.05, 0.1) is 11.3 Å². The Bertz CT molecular complexity index is 594. The Labute approximate surface area is 99.1 Å². The molecule has 0 saturated heterocycles. The van der Waals surface area contributed by atoms with E-state index in [-0.39, 0.29) is 11.0 Å². The number of hydrogen-bond acceptors (Lipinski definition) is 3. The molecule has 0 unspecified atom stereocenters. The van der Waals surface area contributed by atoms with Gasteiger partial charge in [-0.15, -0.1) is 0 Å². The molecular formula is C12H15N3O2. The maximum Gasteiger partial charge on any atom is 0.337 e. The lowest BCUT2D eigenvalue weighted by Gasteiger charge is -2.15. The Morgan fingerprint density at radius 2 is 2.06 bits per heavy atom. The third kappa shape index (κ3) is 1.88. The van der Waals surface area contributed by atoms with Gasteiger partial charge in [-0.25, -0.2) is 9.78 Å². The standard InChI is InChI=1S/C12H15N3O2/c1-12(2,3)9-8-5-7(11(16)17)6-13-10(8)15(4)14-9/h5-6H,1-4H3,(H,16,17). The third-order valence-corrected chi connectivity index (χ3v) is 2.64. The van der Waals surface area contributed by atoms with E-state index in [4.69, 9.17) is 5.11 Å². The molecule has 0 radical (unpaired) electrons. The van der Waals surface area contributed by atoms with E-state index in [0.29, 0.717) is 5.65 Å². The quantitative estimate of drug-likeness (QED) is 0.817. The van der Waals surface area contributed by atoms with Crippen molar-refractivity contribution in [2.75, 3.05) is 0 Å². The van der Waals surface area contributed by atoms with Gasteiger partial charge < -0.3 is 5.11 Å². The molecule has 0 aliphatic heterocycles. The van der Waals surface area contributed by atoms with Crippen molar-refractivity contribution in [3.63, 3.8) is 0 Å². The van der Waals surface area contributed by atoms with Gasteiger partial charge in [-0.1, -0.05) is 20.8 Å². The minimum atomic E-state index is -0.969. The van der Waals surface area contributed by atoms with Crippen molar-refractivity contribution < 1.29 is 9.90 Å². The zero-order valence-corrected chi connectivity index (χ0v) is 10.4. The Balaban J connectivity index is 2.78. The molecule has 0 bridgehead atoms. The summed E-state index contributed by atoms with van der Waals surface area (Å²) in [6.45, 7) is 6.13. The number of aromatic nitrogens is 3. The average Bonchev–Trinajstić information content (AvgIpc) is 2.55. The molecule has 0 aliphatic rings. The van der Waals surface area contributed by atoms with Gasteiger partial charge in [0.1, 0.15) is 0 Å². The van der Waals surface area contributed by atoms with Gasteiger partial charge >= 0.3 is 5.97 Å². The van der Waals surface area contributed by atoms with Gasteiger partial charge in [0, 0.05) is 24.0 Å². The van der Waals surface area contributed by atoms with Crippen molar-refractivity contribution in [1.82, 2.24) is 14.8 Å². The normalized spacial score (nSPS) is 12.0. The molecule has 1 N–H and O–H groups in total. The summed E-state index contributed by atoms with van der Waals surface area (Å²) in [6.07, 6.45) is 1.36. The van der Waals surface area contributed by atoms with Crippen LogP contribution in [0.15, 0.2) is 12.3 Å². The fraction of sp³-hybridized carbons (Fsp3) is 0.417. The number of fused-ring (bicyclic) bond motifs is 1. The molecule has 2 aromatic heterocycles. The SMILES string of the molecule is Cn1nc(C(C)(C)C)c2cc(C(=O)O)cnc21. The molecule has 2 aromatic rings. The van der Waals surface area contributed by atoms with Crippen molar-refractivity contribution in [1.29, 1.82) is 0 Å². The van der Waals surface area contributed by atoms with Crippen molar-refractivity contribution in [3.05, 3.63) is 23.5 Å². The predicted molar refractivity (Wildman–Crippen MR) is 64.2 cm³/mol. The fourth-order valence-corrected chi connectivity index (χ4v) is 1.81. The molecule has 2 rings (SSSR count). The van der Waals surface area contributed by atoms with Gasteiger partial charge in [-0.2, -0.15) is 5.10 Å². The molecule has 0 aromatic carbocycles. The van der Waals surface area contributed by atoms with Crippen LogP contribution in [0.4, 0.5) is 0 Å². The van der Waals surface area contributed by atoms with Gasteiger partial charge in [-0.3, -0.25) is 4.68 Å². The van der Waals surface area contributed by atoms with E-state index in [1.165, 1.54) is 6.20 Å². The molecule has 0 amide bonds. The molecule has 0 aliphatic carbocycles. The van der Waals surface area contributed by atoms with Gasteiger partial charge in [0.2, 0.25) is 0 Å². The van der Waals surface area contributed by atoms with E-state index in [0.717, 1.165) is 11.1 Å². The second-order valence-corrected chi connectivity index (χ2v) is 5.12. The Morgan fingerprint density at radius 1 is 1.41 bits per heavy atom. The first-order valence-electron chi connectivity index (χ1n) is 5.37. The maximum atomic E-state index is 10.9. The zero-order valence-electron chi connectivity index (χ0n) is 10.4.